The minimum Gasteiger partial charge on any atom is -0.385 e. The van der Waals surface area contributed by atoms with Crippen molar-refractivity contribution in [1.82, 2.24) is 20.0 Å². The highest BCUT2D eigenvalue weighted by atomic mass is 16.5. The van der Waals surface area contributed by atoms with E-state index < -0.39 is 0 Å². The number of rotatable bonds is 8. The molecule has 152 valence electrons. The fraction of sp³-hybridized carbons (Fsp3) is 0.619. The van der Waals surface area contributed by atoms with Gasteiger partial charge in [-0.25, -0.2) is 0 Å². The van der Waals surface area contributed by atoms with E-state index >= 15 is 0 Å². The number of aromatic nitrogens is 2. The van der Waals surface area contributed by atoms with E-state index in [9.17, 15) is 4.79 Å². The zero-order chi connectivity index (χ0) is 19.5. The SMILES string of the molecule is COCCCn1ncc2cc([C@H](C)N(C(=O)[C@H]3CNCCO3)C3CC3)ccc21. The average molecular weight is 386 g/mol. The maximum Gasteiger partial charge on any atom is 0.253 e. The first-order chi connectivity index (χ1) is 13.7. The van der Waals surface area contributed by atoms with Crippen LogP contribution in [-0.4, -0.2) is 66.1 Å². The minimum absolute atomic E-state index is 0.0202. The third-order valence-corrected chi connectivity index (χ3v) is 5.68. The van der Waals surface area contributed by atoms with Gasteiger partial charge >= 0.3 is 0 Å². The molecule has 1 aliphatic heterocycles. The Morgan fingerprint density at radius 3 is 3.04 bits per heavy atom. The molecule has 0 spiro atoms. The number of fused-ring (bicyclic) bond motifs is 1. The van der Waals surface area contributed by atoms with Gasteiger partial charge in [0.2, 0.25) is 0 Å². The van der Waals surface area contributed by atoms with Crippen LogP contribution in [0.4, 0.5) is 0 Å². The lowest BCUT2D eigenvalue weighted by Crippen LogP contribution is -2.50. The Kier molecular flexibility index (Phi) is 5.94. The predicted octanol–water partition coefficient (Wildman–Crippen LogP) is 2.11. The summed E-state index contributed by atoms with van der Waals surface area (Å²) in [5, 5.41) is 8.90. The Morgan fingerprint density at radius 2 is 2.32 bits per heavy atom. The van der Waals surface area contributed by atoms with Crippen molar-refractivity contribution >= 4 is 16.8 Å². The summed E-state index contributed by atoms with van der Waals surface area (Å²) < 4.78 is 12.9. The Morgan fingerprint density at radius 1 is 1.46 bits per heavy atom. The van der Waals surface area contributed by atoms with Gasteiger partial charge in [-0.05, 0) is 43.9 Å². The number of nitrogens with zero attached hydrogens (tertiary/aromatic N) is 3. The van der Waals surface area contributed by atoms with Gasteiger partial charge in [-0.2, -0.15) is 5.10 Å². The maximum atomic E-state index is 13.1. The molecular formula is C21H30N4O3. The number of benzene rings is 1. The topological polar surface area (TPSA) is 68.6 Å². The maximum absolute atomic E-state index is 13.1. The second kappa shape index (κ2) is 8.59. The molecule has 7 heteroatoms. The van der Waals surface area contributed by atoms with Crippen molar-refractivity contribution in [2.45, 2.75) is 50.9 Å². The lowest BCUT2D eigenvalue weighted by Gasteiger charge is -2.34. The summed E-state index contributed by atoms with van der Waals surface area (Å²) in [6, 6.07) is 6.77. The predicted molar refractivity (Wildman–Crippen MR) is 107 cm³/mol. The number of carbonyl (C=O) groups excluding carboxylic acids is 1. The summed E-state index contributed by atoms with van der Waals surface area (Å²) in [6.45, 7) is 5.70. The van der Waals surface area contributed by atoms with Crippen molar-refractivity contribution < 1.29 is 14.3 Å². The molecule has 2 aromatic rings. The molecule has 1 aliphatic carbocycles. The normalized spacial score (nSPS) is 21.0. The van der Waals surface area contributed by atoms with Gasteiger partial charge < -0.3 is 19.7 Å². The lowest BCUT2D eigenvalue weighted by molar-refractivity contribution is -0.148. The van der Waals surface area contributed by atoms with Crippen LogP contribution in [0.15, 0.2) is 24.4 Å². The molecule has 0 bridgehead atoms. The average Bonchev–Trinajstić information content (AvgIpc) is 3.48. The van der Waals surface area contributed by atoms with Crippen LogP contribution in [0.25, 0.3) is 10.9 Å². The van der Waals surface area contributed by atoms with Crippen molar-refractivity contribution in [3.8, 4) is 0 Å². The van der Waals surface area contributed by atoms with Crippen LogP contribution in [0.3, 0.4) is 0 Å². The highest BCUT2D eigenvalue weighted by Gasteiger charge is 2.39. The fourth-order valence-corrected chi connectivity index (χ4v) is 3.99. The molecule has 1 saturated carbocycles. The number of hydrogen-bond donors (Lipinski definition) is 1. The number of methoxy groups -OCH3 is 1. The number of hydrogen-bond acceptors (Lipinski definition) is 5. The quantitative estimate of drug-likeness (QED) is 0.704. The van der Waals surface area contributed by atoms with Gasteiger partial charge in [0.05, 0.1) is 24.4 Å². The second-order valence-corrected chi connectivity index (χ2v) is 7.75. The number of morpholine rings is 1. The van der Waals surface area contributed by atoms with E-state index in [1.165, 1.54) is 0 Å². The Labute approximate surface area is 166 Å². The summed E-state index contributed by atoms with van der Waals surface area (Å²) in [4.78, 5) is 15.2. The summed E-state index contributed by atoms with van der Waals surface area (Å²) in [7, 11) is 1.72. The third kappa shape index (κ3) is 4.06. The van der Waals surface area contributed by atoms with Gasteiger partial charge in [0, 0.05) is 44.8 Å². The molecule has 0 unspecified atom stereocenters. The molecule has 2 aliphatic rings. The van der Waals surface area contributed by atoms with Gasteiger partial charge in [0.25, 0.3) is 5.91 Å². The standard InChI is InChI=1S/C21H30N4O3/c1-15(25(18-5-6-18)21(26)20-14-22-8-11-28-20)16-4-7-19-17(12-16)13-23-24(19)9-3-10-27-2/h4,7,12-13,15,18,20,22H,3,5-6,8-11,14H2,1-2H3/t15-,20+/m0/s1. The minimum atomic E-state index is -0.371. The van der Waals surface area contributed by atoms with Gasteiger partial charge in [0.1, 0.15) is 6.10 Å². The molecular weight excluding hydrogens is 356 g/mol. The molecule has 28 heavy (non-hydrogen) atoms. The highest BCUT2D eigenvalue weighted by molar-refractivity contribution is 5.83. The molecule has 1 N–H and O–H groups in total. The monoisotopic (exact) mass is 386 g/mol. The highest BCUT2D eigenvalue weighted by Crippen LogP contribution is 2.36. The van der Waals surface area contributed by atoms with E-state index in [2.05, 4.69) is 35.5 Å². The zero-order valence-electron chi connectivity index (χ0n) is 16.8. The van der Waals surface area contributed by atoms with Crippen LogP contribution in [-0.2, 0) is 20.8 Å². The van der Waals surface area contributed by atoms with E-state index in [1.807, 2.05) is 15.8 Å². The Balaban J connectivity index is 1.52. The van der Waals surface area contributed by atoms with E-state index in [1.54, 1.807) is 7.11 Å². The fourth-order valence-electron chi connectivity index (χ4n) is 3.99. The molecule has 1 saturated heterocycles. The molecule has 2 fully saturated rings. The van der Waals surface area contributed by atoms with Crippen LogP contribution in [0.1, 0.15) is 37.8 Å². The summed E-state index contributed by atoms with van der Waals surface area (Å²) in [5.74, 6) is 0.109. The second-order valence-electron chi connectivity index (χ2n) is 7.75. The first kappa shape index (κ1) is 19.4. The van der Waals surface area contributed by atoms with Crippen molar-refractivity contribution in [2.75, 3.05) is 33.4 Å². The molecule has 2 atom stereocenters. The number of ether oxygens (including phenoxy) is 2. The van der Waals surface area contributed by atoms with E-state index in [4.69, 9.17) is 9.47 Å². The largest absolute Gasteiger partial charge is 0.385 e. The van der Waals surface area contributed by atoms with Gasteiger partial charge in [-0.15, -0.1) is 0 Å². The van der Waals surface area contributed by atoms with Crippen molar-refractivity contribution in [1.29, 1.82) is 0 Å². The van der Waals surface area contributed by atoms with Crippen LogP contribution in [0.5, 0.6) is 0 Å². The van der Waals surface area contributed by atoms with Crippen LogP contribution >= 0.6 is 0 Å². The summed E-state index contributed by atoms with van der Waals surface area (Å²) >= 11 is 0. The van der Waals surface area contributed by atoms with E-state index in [0.717, 1.165) is 55.4 Å². The smallest absolute Gasteiger partial charge is 0.253 e. The number of aryl methyl sites for hydroxylation is 1. The third-order valence-electron chi connectivity index (χ3n) is 5.68. The van der Waals surface area contributed by atoms with Crippen LogP contribution in [0.2, 0.25) is 0 Å². The van der Waals surface area contributed by atoms with Crippen LogP contribution in [0, 0.1) is 0 Å². The van der Waals surface area contributed by atoms with E-state index in [-0.39, 0.29) is 18.1 Å². The molecule has 0 radical (unpaired) electrons. The van der Waals surface area contributed by atoms with Gasteiger partial charge in [0.15, 0.2) is 0 Å². The van der Waals surface area contributed by atoms with Gasteiger partial charge in [-0.1, -0.05) is 6.07 Å². The Hall–Kier alpha value is -1.96. The zero-order valence-corrected chi connectivity index (χ0v) is 16.8. The number of amides is 1. The Bertz CT molecular complexity index is 811. The van der Waals surface area contributed by atoms with Gasteiger partial charge in [-0.3, -0.25) is 9.48 Å². The molecule has 1 aromatic carbocycles. The first-order valence-electron chi connectivity index (χ1n) is 10.3. The summed E-state index contributed by atoms with van der Waals surface area (Å²) in [6.07, 6.45) is 4.64. The molecule has 1 aromatic heterocycles. The first-order valence-corrected chi connectivity index (χ1v) is 10.3. The molecule has 4 rings (SSSR count). The van der Waals surface area contributed by atoms with Crippen molar-refractivity contribution in [3.05, 3.63) is 30.0 Å². The van der Waals surface area contributed by atoms with Crippen molar-refractivity contribution in [2.24, 2.45) is 0 Å². The molecule has 2 heterocycles. The number of nitrogens with one attached hydrogen (secondary N) is 1. The number of carbonyl (C=O) groups is 1. The molecule has 1 amide bonds. The lowest BCUT2D eigenvalue weighted by atomic mass is 10.0. The molecule has 7 nitrogen and oxygen atoms in total. The van der Waals surface area contributed by atoms with E-state index in [0.29, 0.717) is 19.2 Å². The van der Waals surface area contributed by atoms with Crippen molar-refractivity contribution in [3.63, 3.8) is 0 Å². The van der Waals surface area contributed by atoms with Crippen LogP contribution < -0.4 is 5.32 Å². The summed E-state index contributed by atoms with van der Waals surface area (Å²) in [5.41, 5.74) is 2.27.